The number of benzene rings is 1. The van der Waals surface area contributed by atoms with Crippen LogP contribution in [0.4, 0.5) is 0 Å². The third-order valence-electron chi connectivity index (χ3n) is 2.54. The summed E-state index contributed by atoms with van der Waals surface area (Å²) in [5.41, 5.74) is 2.00. The Bertz CT molecular complexity index is 407. The van der Waals surface area contributed by atoms with Crippen LogP contribution in [0.1, 0.15) is 37.0 Å². The van der Waals surface area contributed by atoms with E-state index in [1.807, 2.05) is 24.3 Å². The summed E-state index contributed by atoms with van der Waals surface area (Å²) < 4.78 is 5.36. The Morgan fingerprint density at radius 1 is 1.41 bits per heavy atom. The molecule has 1 atom stereocenters. The largest absolute Gasteiger partial charge is 0.454 e. The zero-order valence-corrected chi connectivity index (χ0v) is 10.2. The second kappa shape index (κ2) is 6.69. The van der Waals surface area contributed by atoms with Crippen LogP contribution in [0.25, 0.3) is 6.08 Å². The van der Waals surface area contributed by atoms with Crippen LogP contribution < -0.4 is 0 Å². The van der Waals surface area contributed by atoms with Gasteiger partial charge in [-0.25, -0.2) is 4.79 Å². The van der Waals surface area contributed by atoms with Gasteiger partial charge in [-0.15, -0.1) is 0 Å². The highest BCUT2D eigenvalue weighted by Gasteiger charge is 2.16. The van der Waals surface area contributed by atoms with Gasteiger partial charge in [-0.1, -0.05) is 56.8 Å². The number of carbonyl (C=O) groups excluding carboxylic acids is 1. The van der Waals surface area contributed by atoms with E-state index < -0.39 is 0 Å². The van der Waals surface area contributed by atoms with Crippen molar-refractivity contribution in [2.24, 2.45) is 0 Å². The minimum absolute atomic E-state index is 0.223. The summed E-state index contributed by atoms with van der Waals surface area (Å²) in [7, 11) is 0. The first kappa shape index (κ1) is 13.2. The Kier molecular flexibility index (Phi) is 5.21. The highest BCUT2D eigenvalue weighted by molar-refractivity contribution is 5.81. The molecule has 17 heavy (non-hydrogen) atoms. The monoisotopic (exact) mass is 230 g/mol. The molecule has 0 amide bonds. The molecule has 0 bridgehead atoms. The molecule has 0 spiro atoms. The number of ether oxygens (including phenoxy) is 1. The van der Waals surface area contributed by atoms with E-state index in [1.54, 1.807) is 6.08 Å². The topological polar surface area (TPSA) is 26.3 Å². The molecule has 0 heterocycles. The molecule has 2 nitrogen and oxygen atoms in total. The normalized spacial score (nSPS) is 11.6. The van der Waals surface area contributed by atoms with Gasteiger partial charge in [0.1, 0.15) is 6.10 Å². The summed E-state index contributed by atoms with van der Waals surface area (Å²) in [5.74, 6) is -0.387. The highest BCUT2D eigenvalue weighted by Crippen LogP contribution is 2.26. The lowest BCUT2D eigenvalue weighted by Gasteiger charge is -2.18. The lowest BCUT2D eigenvalue weighted by molar-refractivity contribution is -0.143. The number of rotatable bonds is 6. The van der Waals surface area contributed by atoms with E-state index in [0.717, 1.165) is 24.0 Å². The second-order valence-corrected chi connectivity index (χ2v) is 3.75. The lowest BCUT2D eigenvalue weighted by atomic mass is 9.99. The minimum atomic E-state index is -0.387. The molecule has 0 radical (unpaired) electrons. The number of hydrogen-bond donors (Lipinski definition) is 0. The van der Waals surface area contributed by atoms with E-state index in [4.69, 9.17) is 4.74 Å². The molecular formula is C15H18O2. The first-order valence-corrected chi connectivity index (χ1v) is 5.77. The average molecular weight is 230 g/mol. The van der Waals surface area contributed by atoms with Crippen LogP contribution in [0.3, 0.4) is 0 Å². The fourth-order valence-electron chi connectivity index (χ4n) is 1.72. The molecule has 1 rings (SSSR count). The van der Waals surface area contributed by atoms with Gasteiger partial charge in [0.2, 0.25) is 0 Å². The molecule has 0 saturated heterocycles. The number of hydrogen-bond acceptors (Lipinski definition) is 2. The van der Waals surface area contributed by atoms with Gasteiger partial charge in [0, 0.05) is 6.08 Å². The molecule has 0 aliphatic rings. The van der Waals surface area contributed by atoms with Gasteiger partial charge in [0.05, 0.1) is 0 Å². The van der Waals surface area contributed by atoms with E-state index in [1.165, 1.54) is 6.08 Å². The predicted octanol–water partition coefficient (Wildman–Crippen LogP) is 3.90. The maximum absolute atomic E-state index is 11.3. The standard InChI is InChI=1S/C15H18O2/c1-4-9-14(17-15(16)6-3)13-11-8-7-10-12(13)5-2/h5-8,10-11,14H,2-4,9H2,1H3. The van der Waals surface area contributed by atoms with Gasteiger partial charge in [0.25, 0.3) is 0 Å². The SMILES string of the molecule is C=CC(=O)OC(CCC)c1ccccc1C=C. The van der Waals surface area contributed by atoms with Crippen molar-refractivity contribution in [1.82, 2.24) is 0 Å². The van der Waals surface area contributed by atoms with Gasteiger partial charge in [-0.3, -0.25) is 0 Å². The summed E-state index contributed by atoms with van der Waals surface area (Å²) >= 11 is 0. The van der Waals surface area contributed by atoms with Gasteiger partial charge < -0.3 is 4.74 Å². The van der Waals surface area contributed by atoms with Gasteiger partial charge in [-0.2, -0.15) is 0 Å². The molecule has 0 fully saturated rings. The first-order valence-electron chi connectivity index (χ1n) is 5.77. The van der Waals surface area contributed by atoms with Crippen molar-refractivity contribution in [2.75, 3.05) is 0 Å². The van der Waals surface area contributed by atoms with Crippen molar-refractivity contribution in [2.45, 2.75) is 25.9 Å². The third kappa shape index (κ3) is 3.59. The molecule has 2 heteroatoms. The maximum atomic E-state index is 11.3. The van der Waals surface area contributed by atoms with E-state index in [-0.39, 0.29) is 12.1 Å². The second-order valence-electron chi connectivity index (χ2n) is 3.75. The van der Waals surface area contributed by atoms with Crippen molar-refractivity contribution >= 4 is 12.0 Å². The van der Waals surface area contributed by atoms with Crippen LogP contribution in [0, 0.1) is 0 Å². The zero-order chi connectivity index (χ0) is 12.7. The number of carbonyl (C=O) groups is 1. The Morgan fingerprint density at radius 3 is 2.71 bits per heavy atom. The van der Waals surface area contributed by atoms with Gasteiger partial charge in [-0.05, 0) is 17.5 Å². The summed E-state index contributed by atoms with van der Waals surface area (Å²) in [6.07, 6.45) is 4.49. The molecule has 90 valence electrons. The lowest BCUT2D eigenvalue weighted by Crippen LogP contribution is -2.10. The summed E-state index contributed by atoms with van der Waals surface area (Å²) in [4.78, 5) is 11.3. The van der Waals surface area contributed by atoms with E-state index in [2.05, 4.69) is 20.1 Å². The van der Waals surface area contributed by atoms with Crippen molar-refractivity contribution in [3.8, 4) is 0 Å². The predicted molar refractivity (Wildman–Crippen MR) is 70.5 cm³/mol. The third-order valence-corrected chi connectivity index (χ3v) is 2.54. The molecule has 1 aromatic carbocycles. The van der Waals surface area contributed by atoms with E-state index in [0.29, 0.717) is 0 Å². The van der Waals surface area contributed by atoms with Crippen molar-refractivity contribution in [3.05, 3.63) is 54.6 Å². The quantitative estimate of drug-likeness (QED) is 0.547. The van der Waals surface area contributed by atoms with Crippen molar-refractivity contribution in [3.63, 3.8) is 0 Å². The molecule has 0 aromatic heterocycles. The summed E-state index contributed by atoms with van der Waals surface area (Å²) in [6.45, 7) is 9.25. The summed E-state index contributed by atoms with van der Waals surface area (Å²) in [6, 6.07) is 7.81. The Morgan fingerprint density at radius 2 is 2.12 bits per heavy atom. The Labute approximate surface area is 103 Å². The fraction of sp³-hybridized carbons (Fsp3) is 0.267. The van der Waals surface area contributed by atoms with Crippen LogP contribution in [0.15, 0.2) is 43.5 Å². The van der Waals surface area contributed by atoms with Crippen LogP contribution in [-0.2, 0) is 9.53 Å². The minimum Gasteiger partial charge on any atom is -0.454 e. The van der Waals surface area contributed by atoms with Gasteiger partial charge >= 0.3 is 5.97 Å². The van der Waals surface area contributed by atoms with E-state index in [9.17, 15) is 4.79 Å². The van der Waals surface area contributed by atoms with E-state index >= 15 is 0 Å². The van der Waals surface area contributed by atoms with Crippen LogP contribution in [0.2, 0.25) is 0 Å². The van der Waals surface area contributed by atoms with Crippen LogP contribution in [0.5, 0.6) is 0 Å². The maximum Gasteiger partial charge on any atom is 0.330 e. The molecule has 0 aliphatic carbocycles. The van der Waals surface area contributed by atoms with Crippen LogP contribution in [-0.4, -0.2) is 5.97 Å². The Balaban J connectivity index is 2.99. The average Bonchev–Trinajstić information content (AvgIpc) is 2.38. The molecule has 1 aromatic rings. The number of esters is 1. The van der Waals surface area contributed by atoms with Crippen LogP contribution >= 0.6 is 0 Å². The van der Waals surface area contributed by atoms with Crippen molar-refractivity contribution < 1.29 is 9.53 Å². The zero-order valence-electron chi connectivity index (χ0n) is 10.2. The fourth-order valence-corrected chi connectivity index (χ4v) is 1.72. The van der Waals surface area contributed by atoms with Crippen molar-refractivity contribution in [1.29, 1.82) is 0 Å². The first-order chi connectivity index (χ1) is 8.22. The molecular weight excluding hydrogens is 212 g/mol. The molecule has 0 saturated carbocycles. The smallest absolute Gasteiger partial charge is 0.330 e. The molecule has 0 N–H and O–H groups in total. The summed E-state index contributed by atoms with van der Waals surface area (Å²) in [5, 5.41) is 0. The molecule has 0 aliphatic heterocycles. The van der Waals surface area contributed by atoms with Gasteiger partial charge in [0.15, 0.2) is 0 Å². The molecule has 1 unspecified atom stereocenters. The highest BCUT2D eigenvalue weighted by atomic mass is 16.5. The Hall–Kier alpha value is -1.83.